The van der Waals surface area contributed by atoms with Gasteiger partial charge in [0.2, 0.25) is 5.91 Å². The van der Waals surface area contributed by atoms with Crippen LogP contribution in [0, 0.1) is 11.3 Å². The van der Waals surface area contributed by atoms with Crippen molar-refractivity contribution in [1.82, 2.24) is 15.5 Å². The van der Waals surface area contributed by atoms with Gasteiger partial charge < -0.3 is 20.4 Å². The van der Waals surface area contributed by atoms with Crippen LogP contribution in [0.3, 0.4) is 0 Å². The fraction of sp³-hybridized carbons (Fsp3) is 0.667. The highest BCUT2D eigenvalue weighted by Crippen LogP contribution is 2.51. The number of rotatable bonds is 7. The Bertz CT molecular complexity index is 864. The topological polar surface area (TPSA) is 47.6 Å². The van der Waals surface area contributed by atoms with E-state index in [1.165, 1.54) is 68.4 Å². The van der Waals surface area contributed by atoms with E-state index in [1.807, 2.05) is 0 Å². The molecule has 2 heterocycles. The van der Waals surface area contributed by atoms with Gasteiger partial charge in [0.15, 0.2) is 0 Å². The number of likely N-dealkylation sites (tertiary alicyclic amines) is 1. The molecule has 2 saturated heterocycles. The Balaban J connectivity index is 1.30. The van der Waals surface area contributed by atoms with Gasteiger partial charge in [0, 0.05) is 25.3 Å². The lowest BCUT2D eigenvalue weighted by Gasteiger charge is -2.36. The maximum atomic E-state index is 12.9. The van der Waals surface area contributed by atoms with Gasteiger partial charge >= 0.3 is 0 Å². The van der Waals surface area contributed by atoms with Crippen LogP contribution in [0.1, 0.15) is 69.0 Å². The zero-order valence-corrected chi connectivity index (χ0v) is 20.1. The Morgan fingerprint density at radius 2 is 2.00 bits per heavy atom. The van der Waals surface area contributed by atoms with Gasteiger partial charge in [-0.15, -0.1) is 0 Å². The molecule has 5 heteroatoms. The SMILES string of the molecule is C[C@H](NC(=O)[C@@H]1CC2(CC2)CN1)c1ccc(N(C)C2CCN(C)CC2)cc1/C=C/C1CC1. The van der Waals surface area contributed by atoms with Crippen molar-refractivity contribution in [3.05, 3.63) is 35.4 Å². The highest BCUT2D eigenvalue weighted by Gasteiger charge is 2.50. The minimum Gasteiger partial charge on any atom is -0.371 e. The van der Waals surface area contributed by atoms with Crippen LogP contribution in [0.5, 0.6) is 0 Å². The molecule has 174 valence electrons. The number of carbonyl (C=O) groups is 1. The van der Waals surface area contributed by atoms with Crippen molar-refractivity contribution in [2.24, 2.45) is 11.3 Å². The smallest absolute Gasteiger partial charge is 0.237 e. The summed E-state index contributed by atoms with van der Waals surface area (Å²) >= 11 is 0. The first kappa shape index (κ1) is 22.0. The molecule has 2 N–H and O–H groups in total. The van der Waals surface area contributed by atoms with Crippen molar-refractivity contribution in [2.45, 2.75) is 70.0 Å². The second kappa shape index (κ2) is 8.83. The van der Waals surface area contributed by atoms with E-state index in [-0.39, 0.29) is 18.0 Å². The zero-order valence-electron chi connectivity index (χ0n) is 20.1. The molecule has 2 aliphatic heterocycles. The van der Waals surface area contributed by atoms with E-state index in [2.05, 4.69) is 71.8 Å². The van der Waals surface area contributed by atoms with Gasteiger partial charge in [0.05, 0.1) is 12.1 Å². The van der Waals surface area contributed by atoms with Gasteiger partial charge in [0.1, 0.15) is 0 Å². The summed E-state index contributed by atoms with van der Waals surface area (Å²) in [6.07, 6.45) is 13.3. The lowest BCUT2D eigenvalue weighted by atomic mass is 9.97. The molecule has 4 fully saturated rings. The predicted molar refractivity (Wildman–Crippen MR) is 132 cm³/mol. The molecule has 0 aromatic heterocycles. The molecule has 2 atom stereocenters. The van der Waals surface area contributed by atoms with Crippen molar-refractivity contribution in [2.75, 3.05) is 38.6 Å². The summed E-state index contributed by atoms with van der Waals surface area (Å²) < 4.78 is 0. The van der Waals surface area contributed by atoms with Crippen molar-refractivity contribution in [3.8, 4) is 0 Å². The molecule has 2 aliphatic carbocycles. The molecule has 1 aromatic rings. The quantitative estimate of drug-likeness (QED) is 0.679. The van der Waals surface area contributed by atoms with Crippen molar-refractivity contribution in [1.29, 1.82) is 0 Å². The normalized spacial score (nSPS) is 26.5. The van der Waals surface area contributed by atoms with Crippen LogP contribution in [0.2, 0.25) is 0 Å². The molecule has 5 nitrogen and oxygen atoms in total. The Morgan fingerprint density at radius 1 is 1.25 bits per heavy atom. The van der Waals surface area contributed by atoms with Crippen LogP contribution in [-0.2, 0) is 4.79 Å². The molecule has 5 rings (SSSR count). The lowest BCUT2D eigenvalue weighted by molar-refractivity contribution is -0.123. The highest BCUT2D eigenvalue weighted by atomic mass is 16.2. The zero-order chi connectivity index (χ0) is 22.3. The maximum absolute atomic E-state index is 12.9. The molecule has 0 radical (unpaired) electrons. The number of piperidine rings is 1. The summed E-state index contributed by atoms with van der Waals surface area (Å²) in [5, 5.41) is 6.77. The summed E-state index contributed by atoms with van der Waals surface area (Å²) in [6, 6.07) is 7.39. The second-order valence-corrected chi connectivity index (χ2v) is 11.0. The number of nitrogens with zero attached hydrogens (tertiary/aromatic N) is 2. The first-order chi connectivity index (χ1) is 15.4. The lowest BCUT2D eigenvalue weighted by Crippen LogP contribution is -2.42. The third-order valence-corrected chi connectivity index (χ3v) is 8.34. The Kier molecular flexibility index (Phi) is 6.06. The summed E-state index contributed by atoms with van der Waals surface area (Å²) in [4.78, 5) is 17.8. The van der Waals surface area contributed by atoms with E-state index in [0.717, 1.165) is 18.9 Å². The third-order valence-electron chi connectivity index (χ3n) is 8.34. The predicted octanol–water partition coefficient (Wildman–Crippen LogP) is 3.96. The number of allylic oxidation sites excluding steroid dienone is 1. The van der Waals surface area contributed by atoms with E-state index in [9.17, 15) is 4.79 Å². The Morgan fingerprint density at radius 3 is 2.66 bits per heavy atom. The van der Waals surface area contributed by atoms with Crippen LogP contribution in [0.4, 0.5) is 5.69 Å². The van der Waals surface area contributed by atoms with Crippen LogP contribution >= 0.6 is 0 Å². The van der Waals surface area contributed by atoms with E-state index in [4.69, 9.17) is 0 Å². The minimum absolute atomic E-state index is 0.00147. The largest absolute Gasteiger partial charge is 0.371 e. The number of nitrogens with one attached hydrogen (secondary N) is 2. The summed E-state index contributed by atoms with van der Waals surface area (Å²) in [7, 11) is 4.46. The molecule has 4 aliphatic rings. The van der Waals surface area contributed by atoms with Gasteiger partial charge in [0.25, 0.3) is 0 Å². The first-order valence-electron chi connectivity index (χ1n) is 12.7. The molecule has 0 bridgehead atoms. The van der Waals surface area contributed by atoms with Crippen LogP contribution < -0.4 is 15.5 Å². The third kappa shape index (κ3) is 4.89. The molecule has 1 spiro atoms. The standard InChI is InChI=1S/C27H40N4O/c1-19(29-26(32)25-17-27(12-13-27)18-28-25)24-9-8-23(16-21(24)7-6-20-4-5-20)31(3)22-10-14-30(2)15-11-22/h6-9,16,19-20,22,25,28H,4-5,10-15,17-18H2,1-3H3,(H,29,32)/b7-6+/t19-,25-/m0/s1. The van der Waals surface area contributed by atoms with Gasteiger partial charge in [-0.25, -0.2) is 0 Å². The molecule has 1 aromatic carbocycles. The summed E-state index contributed by atoms with van der Waals surface area (Å²) in [5.41, 5.74) is 4.18. The number of carbonyl (C=O) groups excluding carboxylic acids is 1. The van der Waals surface area contributed by atoms with Crippen molar-refractivity contribution >= 4 is 17.7 Å². The Hall–Kier alpha value is -1.85. The molecule has 0 unspecified atom stereocenters. The van der Waals surface area contributed by atoms with E-state index in [0.29, 0.717) is 11.5 Å². The minimum atomic E-state index is -0.0276. The molecule has 1 amide bonds. The van der Waals surface area contributed by atoms with Crippen LogP contribution in [0.25, 0.3) is 6.08 Å². The average Bonchev–Trinajstić information content (AvgIpc) is 3.70. The van der Waals surface area contributed by atoms with Crippen molar-refractivity contribution in [3.63, 3.8) is 0 Å². The second-order valence-electron chi connectivity index (χ2n) is 11.0. The molecule has 32 heavy (non-hydrogen) atoms. The monoisotopic (exact) mass is 436 g/mol. The molecule has 2 saturated carbocycles. The van der Waals surface area contributed by atoms with Gasteiger partial charge in [-0.1, -0.05) is 18.2 Å². The van der Waals surface area contributed by atoms with E-state index in [1.54, 1.807) is 0 Å². The number of benzene rings is 1. The molecular formula is C27H40N4O. The maximum Gasteiger partial charge on any atom is 0.237 e. The number of amides is 1. The Labute approximate surface area is 193 Å². The first-order valence-corrected chi connectivity index (χ1v) is 12.7. The van der Waals surface area contributed by atoms with Crippen LogP contribution in [-0.4, -0.2) is 56.6 Å². The van der Waals surface area contributed by atoms with Crippen molar-refractivity contribution < 1.29 is 4.79 Å². The number of hydrogen-bond donors (Lipinski definition) is 2. The fourth-order valence-electron chi connectivity index (χ4n) is 5.49. The average molecular weight is 437 g/mol. The van der Waals surface area contributed by atoms with Gasteiger partial charge in [-0.2, -0.15) is 0 Å². The molecular weight excluding hydrogens is 396 g/mol. The van der Waals surface area contributed by atoms with E-state index < -0.39 is 0 Å². The highest BCUT2D eigenvalue weighted by molar-refractivity contribution is 5.83. The number of anilines is 1. The van der Waals surface area contributed by atoms with Gasteiger partial charge in [-0.3, -0.25) is 4.79 Å². The van der Waals surface area contributed by atoms with E-state index >= 15 is 0 Å². The fourth-order valence-corrected chi connectivity index (χ4v) is 5.49. The van der Waals surface area contributed by atoms with Gasteiger partial charge in [-0.05, 0) is 107 Å². The summed E-state index contributed by atoms with van der Waals surface area (Å²) in [6.45, 7) is 5.47. The summed E-state index contributed by atoms with van der Waals surface area (Å²) in [5.74, 6) is 0.895. The number of hydrogen-bond acceptors (Lipinski definition) is 4. The van der Waals surface area contributed by atoms with Crippen LogP contribution in [0.15, 0.2) is 24.3 Å².